The lowest BCUT2D eigenvalue weighted by Crippen LogP contribution is -2.41. The number of hydrogen-bond donors (Lipinski definition) is 1. The largest absolute Gasteiger partial charge is 0.342 e. The second kappa shape index (κ2) is 6.17. The van der Waals surface area contributed by atoms with Crippen LogP contribution in [-0.2, 0) is 4.79 Å². The van der Waals surface area contributed by atoms with Crippen molar-refractivity contribution < 1.29 is 4.79 Å². The topological polar surface area (TPSA) is 32.3 Å². The van der Waals surface area contributed by atoms with Gasteiger partial charge in [-0.25, -0.2) is 0 Å². The van der Waals surface area contributed by atoms with Crippen molar-refractivity contribution in [1.29, 1.82) is 0 Å². The maximum Gasteiger partial charge on any atom is 0.236 e. The fourth-order valence-electron chi connectivity index (χ4n) is 2.13. The summed E-state index contributed by atoms with van der Waals surface area (Å²) in [5, 5.41) is 7.49. The summed E-state index contributed by atoms with van der Waals surface area (Å²) in [6.45, 7) is 4.43. The molecule has 1 atom stereocenters. The van der Waals surface area contributed by atoms with Gasteiger partial charge in [-0.1, -0.05) is 0 Å². The molecule has 17 heavy (non-hydrogen) atoms. The van der Waals surface area contributed by atoms with Gasteiger partial charge in [0.25, 0.3) is 0 Å². The minimum absolute atomic E-state index is 0.242. The molecular weight excluding hydrogens is 232 g/mol. The lowest BCUT2D eigenvalue weighted by atomic mass is 10.1. The summed E-state index contributed by atoms with van der Waals surface area (Å²) in [4.78, 5) is 13.9. The van der Waals surface area contributed by atoms with Gasteiger partial charge in [0.05, 0.1) is 6.54 Å². The van der Waals surface area contributed by atoms with Crippen LogP contribution < -0.4 is 5.32 Å². The van der Waals surface area contributed by atoms with Crippen molar-refractivity contribution in [2.24, 2.45) is 0 Å². The van der Waals surface area contributed by atoms with Gasteiger partial charge in [0.2, 0.25) is 5.91 Å². The van der Waals surface area contributed by atoms with Crippen molar-refractivity contribution in [1.82, 2.24) is 10.2 Å². The molecule has 1 aliphatic heterocycles. The summed E-state index contributed by atoms with van der Waals surface area (Å²) in [7, 11) is 0. The molecule has 2 rings (SSSR count). The van der Waals surface area contributed by atoms with Gasteiger partial charge < -0.3 is 10.2 Å². The van der Waals surface area contributed by atoms with E-state index < -0.39 is 0 Å². The first-order valence-electron chi connectivity index (χ1n) is 6.30. The summed E-state index contributed by atoms with van der Waals surface area (Å²) in [6.07, 6.45) is 3.58. The van der Waals surface area contributed by atoms with Crippen LogP contribution in [0.15, 0.2) is 16.8 Å². The Labute approximate surface area is 107 Å². The van der Waals surface area contributed by atoms with E-state index in [-0.39, 0.29) is 11.9 Å². The number of nitrogens with one attached hydrogen (secondary N) is 1. The molecule has 1 aromatic heterocycles. The highest BCUT2D eigenvalue weighted by Gasteiger charge is 2.16. The first-order chi connectivity index (χ1) is 8.27. The van der Waals surface area contributed by atoms with Crippen LogP contribution in [0.5, 0.6) is 0 Å². The minimum atomic E-state index is 0.242. The summed E-state index contributed by atoms with van der Waals surface area (Å²) < 4.78 is 0. The lowest BCUT2D eigenvalue weighted by molar-refractivity contribution is -0.131. The van der Waals surface area contributed by atoms with Crippen LogP contribution in [0.2, 0.25) is 0 Å². The van der Waals surface area contributed by atoms with E-state index in [4.69, 9.17) is 0 Å². The molecule has 0 bridgehead atoms. The van der Waals surface area contributed by atoms with Gasteiger partial charge in [0.1, 0.15) is 0 Å². The van der Waals surface area contributed by atoms with E-state index in [0.29, 0.717) is 6.54 Å². The fourth-order valence-corrected chi connectivity index (χ4v) is 2.89. The van der Waals surface area contributed by atoms with Gasteiger partial charge in [-0.3, -0.25) is 4.79 Å². The normalized spacial score (nSPS) is 18.1. The summed E-state index contributed by atoms with van der Waals surface area (Å²) in [5.41, 5.74) is 1.27. The Morgan fingerprint density at radius 1 is 1.47 bits per heavy atom. The van der Waals surface area contributed by atoms with Crippen LogP contribution in [0.3, 0.4) is 0 Å². The van der Waals surface area contributed by atoms with Gasteiger partial charge in [0, 0.05) is 19.1 Å². The molecular formula is C13H20N2OS. The van der Waals surface area contributed by atoms with Crippen molar-refractivity contribution in [3.63, 3.8) is 0 Å². The van der Waals surface area contributed by atoms with Crippen molar-refractivity contribution in [2.45, 2.75) is 32.2 Å². The Bertz CT molecular complexity index is 344. The van der Waals surface area contributed by atoms with Gasteiger partial charge >= 0.3 is 0 Å². The number of amides is 1. The standard InChI is InChI=1S/C13H20N2OS/c1-11(12-5-8-17-10-12)14-9-13(16)15-6-3-2-4-7-15/h5,8,10-11,14H,2-4,6-7,9H2,1H3. The second-order valence-electron chi connectivity index (χ2n) is 4.60. The van der Waals surface area contributed by atoms with E-state index in [1.165, 1.54) is 12.0 Å². The molecule has 1 amide bonds. The van der Waals surface area contributed by atoms with Gasteiger partial charge in [-0.15, -0.1) is 0 Å². The zero-order chi connectivity index (χ0) is 12.1. The lowest BCUT2D eigenvalue weighted by Gasteiger charge is -2.27. The molecule has 1 unspecified atom stereocenters. The van der Waals surface area contributed by atoms with E-state index >= 15 is 0 Å². The second-order valence-corrected chi connectivity index (χ2v) is 5.38. The number of carbonyl (C=O) groups excluding carboxylic acids is 1. The highest BCUT2D eigenvalue weighted by atomic mass is 32.1. The summed E-state index contributed by atoms with van der Waals surface area (Å²) >= 11 is 1.69. The van der Waals surface area contributed by atoms with E-state index in [1.807, 2.05) is 4.90 Å². The molecule has 0 radical (unpaired) electrons. The maximum absolute atomic E-state index is 11.9. The average molecular weight is 252 g/mol. The predicted octanol–water partition coefficient (Wildman–Crippen LogP) is 2.41. The highest BCUT2D eigenvalue weighted by molar-refractivity contribution is 7.07. The Morgan fingerprint density at radius 2 is 2.24 bits per heavy atom. The zero-order valence-electron chi connectivity index (χ0n) is 10.3. The number of rotatable bonds is 4. The molecule has 0 aliphatic carbocycles. The molecule has 4 heteroatoms. The smallest absolute Gasteiger partial charge is 0.236 e. The molecule has 3 nitrogen and oxygen atoms in total. The Kier molecular flexibility index (Phi) is 4.57. The highest BCUT2D eigenvalue weighted by Crippen LogP contribution is 2.15. The molecule has 1 saturated heterocycles. The van der Waals surface area contributed by atoms with Gasteiger partial charge in [-0.2, -0.15) is 11.3 Å². The molecule has 94 valence electrons. The first kappa shape index (κ1) is 12.6. The zero-order valence-corrected chi connectivity index (χ0v) is 11.1. The van der Waals surface area contributed by atoms with Crippen LogP contribution in [0.25, 0.3) is 0 Å². The molecule has 0 aromatic carbocycles. The monoisotopic (exact) mass is 252 g/mol. The minimum Gasteiger partial charge on any atom is -0.342 e. The van der Waals surface area contributed by atoms with Crippen molar-refractivity contribution in [3.8, 4) is 0 Å². The number of thiophene rings is 1. The van der Waals surface area contributed by atoms with Crippen molar-refractivity contribution in [3.05, 3.63) is 22.4 Å². The van der Waals surface area contributed by atoms with E-state index in [2.05, 4.69) is 29.1 Å². The predicted molar refractivity (Wildman–Crippen MR) is 71.2 cm³/mol. The Morgan fingerprint density at radius 3 is 2.88 bits per heavy atom. The number of hydrogen-bond acceptors (Lipinski definition) is 3. The number of likely N-dealkylation sites (tertiary alicyclic amines) is 1. The molecule has 1 aromatic rings. The van der Waals surface area contributed by atoms with Crippen molar-refractivity contribution >= 4 is 17.2 Å². The first-order valence-corrected chi connectivity index (χ1v) is 7.25. The third-order valence-corrected chi connectivity index (χ3v) is 4.01. The Balaban J connectivity index is 1.75. The molecule has 2 heterocycles. The average Bonchev–Trinajstić information content (AvgIpc) is 2.90. The Hall–Kier alpha value is -0.870. The molecule has 0 saturated carbocycles. The quantitative estimate of drug-likeness (QED) is 0.892. The van der Waals surface area contributed by atoms with E-state index in [9.17, 15) is 4.79 Å². The van der Waals surface area contributed by atoms with E-state index in [0.717, 1.165) is 25.9 Å². The van der Waals surface area contributed by atoms with Crippen molar-refractivity contribution in [2.75, 3.05) is 19.6 Å². The van der Waals surface area contributed by atoms with Gasteiger partial charge in [0.15, 0.2) is 0 Å². The van der Waals surface area contributed by atoms with Gasteiger partial charge in [-0.05, 0) is 48.6 Å². The molecule has 0 spiro atoms. The molecule has 1 aliphatic rings. The van der Waals surface area contributed by atoms with Crippen LogP contribution in [-0.4, -0.2) is 30.4 Å². The van der Waals surface area contributed by atoms with Crippen LogP contribution in [0.1, 0.15) is 37.8 Å². The summed E-state index contributed by atoms with van der Waals surface area (Å²) in [5.74, 6) is 0.242. The number of nitrogens with zero attached hydrogens (tertiary/aromatic N) is 1. The number of carbonyl (C=O) groups is 1. The SMILES string of the molecule is CC(NCC(=O)N1CCCCC1)c1ccsc1. The fraction of sp³-hybridized carbons (Fsp3) is 0.615. The molecule has 1 N–H and O–H groups in total. The van der Waals surface area contributed by atoms with E-state index in [1.54, 1.807) is 11.3 Å². The van der Waals surface area contributed by atoms with Crippen LogP contribution in [0, 0.1) is 0 Å². The maximum atomic E-state index is 11.9. The summed E-state index contributed by atoms with van der Waals surface area (Å²) in [6, 6.07) is 2.36. The number of piperidine rings is 1. The van der Waals surface area contributed by atoms with Crippen LogP contribution >= 0.6 is 11.3 Å². The third-order valence-electron chi connectivity index (χ3n) is 3.31. The molecule has 1 fully saturated rings. The third kappa shape index (κ3) is 3.54. The van der Waals surface area contributed by atoms with Crippen LogP contribution in [0.4, 0.5) is 0 Å².